The smallest absolute Gasteiger partial charge is 0.308 e. The van der Waals surface area contributed by atoms with Crippen molar-refractivity contribution in [2.24, 2.45) is 0 Å². The van der Waals surface area contributed by atoms with Crippen LogP contribution in [0.15, 0.2) is 17.5 Å². The molecule has 0 fully saturated rings. The molecule has 1 aromatic carbocycles. The third kappa shape index (κ3) is 1.78. The van der Waals surface area contributed by atoms with E-state index in [4.69, 9.17) is 9.84 Å². The standard InChI is InChI=1S/C10H7FO3S/c1-5(12)14-8-4-15-9-3-6(13)2-7(11)10(8)9/h2-4,13H,1H3. The van der Waals surface area contributed by atoms with Crippen LogP contribution in [0.4, 0.5) is 4.39 Å². The lowest BCUT2D eigenvalue weighted by molar-refractivity contribution is -0.131. The van der Waals surface area contributed by atoms with Crippen LogP contribution in [0.3, 0.4) is 0 Å². The topological polar surface area (TPSA) is 46.5 Å². The Labute approximate surface area is 88.7 Å². The molecule has 0 unspecified atom stereocenters. The SMILES string of the molecule is CC(=O)Oc1csc2cc(O)cc(F)c12. The van der Waals surface area contributed by atoms with Gasteiger partial charge in [-0.25, -0.2) is 4.39 Å². The molecular formula is C10H7FO3S. The Morgan fingerprint density at radius 1 is 1.53 bits per heavy atom. The van der Waals surface area contributed by atoms with Crippen molar-refractivity contribution in [2.75, 3.05) is 0 Å². The minimum atomic E-state index is -0.595. The van der Waals surface area contributed by atoms with Crippen LogP contribution in [-0.4, -0.2) is 11.1 Å². The lowest BCUT2D eigenvalue weighted by Crippen LogP contribution is -2.00. The summed E-state index contributed by atoms with van der Waals surface area (Å²) < 4.78 is 18.8. The van der Waals surface area contributed by atoms with Gasteiger partial charge in [0, 0.05) is 23.1 Å². The highest BCUT2D eigenvalue weighted by Gasteiger charge is 2.13. The normalized spacial score (nSPS) is 10.5. The average molecular weight is 226 g/mol. The maximum Gasteiger partial charge on any atom is 0.308 e. The summed E-state index contributed by atoms with van der Waals surface area (Å²) in [5.74, 6) is -1.04. The molecule has 0 aliphatic carbocycles. The number of phenols is 1. The number of hydrogen-bond donors (Lipinski definition) is 1. The zero-order valence-electron chi connectivity index (χ0n) is 7.78. The van der Waals surface area contributed by atoms with E-state index in [1.165, 1.54) is 29.7 Å². The predicted molar refractivity (Wildman–Crippen MR) is 54.8 cm³/mol. The number of fused-ring (bicyclic) bond motifs is 1. The highest BCUT2D eigenvalue weighted by Crippen LogP contribution is 2.36. The van der Waals surface area contributed by atoms with Crippen LogP contribution in [0.1, 0.15) is 6.92 Å². The molecule has 2 rings (SSSR count). The second kappa shape index (κ2) is 3.51. The largest absolute Gasteiger partial charge is 0.508 e. The molecule has 5 heteroatoms. The third-order valence-electron chi connectivity index (χ3n) is 1.83. The number of thiophene rings is 1. The predicted octanol–water partition coefficient (Wildman–Crippen LogP) is 2.67. The van der Waals surface area contributed by atoms with Gasteiger partial charge in [-0.1, -0.05) is 0 Å². The van der Waals surface area contributed by atoms with E-state index < -0.39 is 11.8 Å². The molecule has 3 nitrogen and oxygen atoms in total. The Morgan fingerprint density at radius 2 is 2.27 bits per heavy atom. The van der Waals surface area contributed by atoms with Crippen molar-refractivity contribution in [3.63, 3.8) is 0 Å². The van der Waals surface area contributed by atoms with Crippen molar-refractivity contribution >= 4 is 27.4 Å². The summed E-state index contributed by atoms with van der Waals surface area (Å²) in [5.41, 5.74) is 0. The number of esters is 1. The number of aromatic hydroxyl groups is 1. The molecule has 0 aliphatic rings. The third-order valence-corrected chi connectivity index (χ3v) is 2.74. The van der Waals surface area contributed by atoms with E-state index in [2.05, 4.69) is 0 Å². The number of carbonyl (C=O) groups is 1. The van der Waals surface area contributed by atoms with E-state index in [1.807, 2.05) is 0 Å². The van der Waals surface area contributed by atoms with E-state index in [0.29, 0.717) is 4.70 Å². The molecule has 0 amide bonds. The number of phenolic OH excluding ortho intramolecular Hbond substituents is 1. The van der Waals surface area contributed by atoms with E-state index in [9.17, 15) is 9.18 Å². The Hall–Kier alpha value is -1.62. The van der Waals surface area contributed by atoms with Gasteiger partial charge in [-0.05, 0) is 6.07 Å². The molecule has 1 N–H and O–H groups in total. The first-order valence-corrected chi connectivity index (χ1v) is 5.04. The zero-order chi connectivity index (χ0) is 11.0. The lowest BCUT2D eigenvalue weighted by atomic mass is 10.2. The lowest BCUT2D eigenvalue weighted by Gasteiger charge is -2.00. The molecule has 2 aromatic rings. The van der Waals surface area contributed by atoms with Crippen LogP contribution >= 0.6 is 11.3 Å². The summed E-state index contributed by atoms with van der Waals surface area (Å²) >= 11 is 1.21. The average Bonchev–Trinajstić information content (AvgIpc) is 2.46. The van der Waals surface area contributed by atoms with Gasteiger partial charge in [0.2, 0.25) is 0 Å². The van der Waals surface area contributed by atoms with E-state index in [-0.39, 0.29) is 16.9 Å². The maximum absolute atomic E-state index is 13.4. The number of halogens is 1. The molecule has 0 bridgehead atoms. The molecule has 0 aliphatic heterocycles. The van der Waals surface area contributed by atoms with Gasteiger partial charge in [-0.2, -0.15) is 0 Å². The van der Waals surface area contributed by atoms with Crippen LogP contribution in [0.2, 0.25) is 0 Å². The van der Waals surface area contributed by atoms with E-state index in [1.54, 1.807) is 0 Å². The Morgan fingerprint density at radius 3 is 2.93 bits per heavy atom. The summed E-state index contributed by atoms with van der Waals surface area (Å²) in [5, 5.41) is 10.9. The molecule has 0 spiro atoms. The molecule has 1 heterocycles. The Balaban J connectivity index is 2.63. The highest BCUT2D eigenvalue weighted by molar-refractivity contribution is 7.17. The first-order chi connectivity index (χ1) is 7.08. The van der Waals surface area contributed by atoms with Gasteiger partial charge in [0.15, 0.2) is 5.75 Å². The highest BCUT2D eigenvalue weighted by atomic mass is 32.1. The number of ether oxygens (including phenoxy) is 1. The zero-order valence-corrected chi connectivity index (χ0v) is 8.60. The molecule has 1 aromatic heterocycles. The molecule has 0 radical (unpaired) electrons. The molecule has 78 valence electrons. The van der Waals surface area contributed by atoms with Gasteiger partial charge in [-0.3, -0.25) is 4.79 Å². The van der Waals surface area contributed by atoms with E-state index >= 15 is 0 Å². The summed E-state index contributed by atoms with van der Waals surface area (Å²) in [6.45, 7) is 1.25. The van der Waals surface area contributed by atoms with Crippen molar-refractivity contribution in [1.29, 1.82) is 0 Å². The monoisotopic (exact) mass is 226 g/mol. The minimum Gasteiger partial charge on any atom is -0.508 e. The summed E-state index contributed by atoms with van der Waals surface area (Å²) in [6.07, 6.45) is 0. The fraction of sp³-hybridized carbons (Fsp3) is 0.100. The van der Waals surface area contributed by atoms with Crippen LogP contribution in [0.5, 0.6) is 11.5 Å². The van der Waals surface area contributed by atoms with Gasteiger partial charge in [0.25, 0.3) is 0 Å². The quantitative estimate of drug-likeness (QED) is 0.760. The van der Waals surface area contributed by atoms with Crippen molar-refractivity contribution in [3.05, 3.63) is 23.3 Å². The number of carbonyl (C=O) groups excluding carboxylic acids is 1. The van der Waals surface area contributed by atoms with Gasteiger partial charge < -0.3 is 9.84 Å². The van der Waals surface area contributed by atoms with E-state index in [0.717, 1.165) is 6.07 Å². The summed E-state index contributed by atoms with van der Waals surface area (Å²) in [6, 6.07) is 2.41. The van der Waals surface area contributed by atoms with Crippen LogP contribution in [0.25, 0.3) is 10.1 Å². The van der Waals surface area contributed by atoms with Crippen molar-refractivity contribution < 1.29 is 19.0 Å². The van der Waals surface area contributed by atoms with Crippen molar-refractivity contribution in [1.82, 2.24) is 0 Å². The van der Waals surface area contributed by atoms with Crippen LogP contribution in [-0.2, 0) is 4.79 Å². The van der Waals surface area contributed by atoms with Gasteiger partial charge in [-0.15, -0.1) is 11.3 Å². The van der Waals surface area contributed by atoms with Crippen LogP contribution in [0, 0.1) is 5.82 Å². The summed E-state index contributed by atoms with van der Waals surface area (Å²) in [7, 11) is 0. The first-order valence-electron chi connectivity index (χ1n) is 4.16. The molecule has 0 saturated heterocycles. The van der Waals surface area contributed by atoms with Gasteiger partial charge in [0.1, 0.15) is 11.6 Å². The van der Waals surface area contributed by atoms with Gasteiger partial charge in [0.05, 0.1) is 5.39 Å². The number of rotatable bonds is 1. The Bertz CT molecular complexity index is 533. The number of benzene rings is 1. The molecule has 0 saturated carbocycles. The summed E-state index contributed by atoms with van der Waals surface area (Å²) in [4.78, 5) is 10.7. The fourth-order valence-electron chi connectivity index (χ4n) is 1.31. The van der Waals surface area contributed by atoms with Crippen molar-refractivity contribution in [3.8, 4) is 11.5 Å². The van der Waals surface area contributed by atoms with Crippen LogP contribution < -0.4 is 4.74 Å². The Kier molecular flexibility index (Phi) is 2.32. The minimum absolute atomic E-state index is 0.142. The second-order valence-electron chi connectivity index (χ2n) is 2.99. The maximum atomic E-state index is 13.4. The molecular weight excluding hydrogens is 219 g/mol. The van der Waals surface area contributed by atoms with Crippen molar-refractivity contribution in [2.45, 2.75) is 6.92 Å². The molecule has 15 heavy (non-hydrogen) atoms. The first kappa shape index (κ1) is 9.92. The number of hydrogen-bond acceptors (Lipinski definition) is 4. The fourth-order valence-corrected chi connectivity index (χ4v) is 2.21. The second-order valence-corrected chi connectivity index (χ2v) is 3.91. The van der Waals surface area contributed by atoms with Gasteiger partial charge >= 0.3 is 5.97 Å². The molecule has 0 atom stereocenters.